The number of aromatic nitrogens is 2. The molecule has 0 atom stereocenters. The average Bonchev–Trinajstić information content (AvgIpc) is 2.51. The summed E-state index contributed by atoms with van der Waals surface area (Å²) in [6, 6.07) is 7.28. The molecule has 116 valence electrons. The zero-order chi connectivity index (χ0) is 15.5. The van der Waals surface area contributed by atoms with Gasteiger partial charge in [-0.2, -0.15) is 4.98 Å². The molecule has 1 fully saturated rings. The van der Waals surface area contributed by atoms with Crippen molar-refractivity contribution in [3.05, 3.63) is 40.0 Å². The van der Waals surface area contributed by atoms with Gasteiger partial charge in [0.05, 0.1) is 23.3 Å². The van der Waals surface area contributed by atoms with E-state index in [4.69, 9.17) is 27.9 Å². The van der Waals surface area contributed by atoms with Gasteiger partial charge in [-0.15, -0.1) is 0 Å². The lowest BCUT2D eigenvalue weighted by molar-refractivity contribution is 0.122. The summed E-state index contributed by atoms with van der Waals surface area (Å²) in [6.45, 7) is 4.96. The SMILES string of the molecule is Cc1cc(Nc2ccc(Cl)c(Cl)c2)nc(N2CCOCC2)n1. The van der Waals surface area contributed by atoms with Crippen LogP contribution in [0.3, 0.4) is 0 Å². The Morgan fingerprint density at radius 2 is 1.86 bits per heavy atom. The molecule has 7 heteroatoms. The number of halogens is 2. The van der Waals surface area contributed by atoms with Gasteiger partial charge in [0.25, 0.3) is 0 Å². The highest BCUT2D eigenvalue weighted by Crippen LogP contribution is 2.27. The number of ether oxygens (including phenoxy) is 1. The second kappa shape index (κ2) is 6.69. The number of morpholine rings is 1. The number of benzene rings is 1. The van der Waals surface area contributed by atoms with Crippen molar-refractivity contribution in [1.82, 2.24) is 9.97 Å². The van der Waals surface area contributed by atoms with E-state index >= 15 is 0 Å². The van der Waals surface area contributed by atoms with E-state index in [1.807, 2.05) is 19.1 Å². The molecule has 1 aromatic carbocycles. The molecular weight excluding hydrogens is 323 g/mol. The van der Waals surface area contributed by atoms with Crippen LogP contribution in [0.25, 0.3) is 0 Å². The Morgan fingerprint density at radius 1 is 1.09 bits per heavy atom. The fourth-order valence-electron chi connectivity index (χ4n) is 2.24. The van der Waals surface area contributed by atoms with Gasteiger partial charge in [0, 0.05) is 30.5 Å². The topological polar surface area (TPSA) is 50.3 Å². The highest BCUT2D eigenvalue weighted by molar-refractivity contribution is 6.42. The van der Waals surface area contributed by atoms with Crippen molar-refractivity contribution in [2.45, 2.75) is 6.92 Å². The van der Waals surface area contributed by atoms with Crippen molar-refractivity contribution in [3.63, 3.8) is 0 Å². The van der Waals surface area contributed by atoms with Crippen LogP contribution >= 0.6 is 23.2 Å². The van der Waals surface area contributed by atoms with Crippen LogP contribution in [0, 0.1) is 6.92 Å². The zero-order valence-electron chi connectivity index (χ0n) is 12.1. The number of rotatable bonds is 3. The van der Waals surface area contributed by atoms with Gasteiger partial charge in [0.2, 0.25) is 5.95 Å². The maximum Gasteiger partial charge on any atom is 0.227 e. The van der Waals surface area contributed by atoms with Crippen LogP contribution in [0.1, 0.15) is 5.69 Å². The van der Waals surface area contributed by atoms with E-state index in [9.17, 15) is 0 Å². The Morgan fingerprint density at radius 3 is 2.59 bits per heavy atom. The molecule has 1 aliphatic heterocycles. The first-order valence-corrected chi connectivity index (χ1v) is 7.78. The molecule has 3 rings (SSSR count). The monoisotopic (exact) mass is 338 g/mol. The lowest BCUT2D eigenvalue weighted by atomic mass is 10.3. The van der Waals surface area contributed by atoms with Gasteiger partial charge in [0.15, 0.2) is 0 Å². The predicted molar refractivity (Wildman–Crippen MR) is 89.5 cm³/mol. The van der Waals surface area contributed by atoms with E-state index in [-0.39, 0.29) is 0 Å². The summed E-state index contributed by atoms with van der Waals surface area (Å²) in [5.74, 6) is 1.44. The van der Waals surface area contributed by atoms with Gasteiger partial charge in [0.1, 0.15) is 5.82 Å². The van der Waals surface area contributed by atoms with Crippen LogP contribution < -0.4 is 10.2 Å². The van der Waals surface area contributed by atoms with Gasteiger partial charge in [-0.1, -0.05) is 23.2 Å². The molecule has 0 aliphatic carbocycles. The lowest BCUT2D eigenvalue weighted by Crippen LogP contribution is -2.37. The minimum atomic E-state index is 0.505. The highest BCUT2D eigenvalue weighted by Gasteiger charge is 2.15. The third-order valence-electron chi connectivity index (χ3n) is 3.33. The Kier molecular flexibility index (Phi) is 4.66. The molecule has 0 unspecified atom stereocenters. The first-order chi connectivity index (χ1) is 10.6. The fourth-order valence-corrected chi connectivity index (χ4v) is 2.54. The average molecular weight is 339 g/mol. The first-order valence-electron chi connectivity index (χ1n) is 7.02. The van der Waals surface area contributed by atoms with Crippen molar-refractivity contribution in [2.75, 3.05) is 36.5 Å². The van der Waals surface area contributed by atoms with E-state index in [1.54, 1.807) is 12.1 Å². The van der Waals surface area contributed by atoms with Crippen molar-refractivity contribution >= 4 is 40.7 Å². The number of hydrogen-bond donors (Lipinski definition) is 1. The molecule has 2 heterocycles. The quantitative estimate of drug-likeness (QED) is 0.925. The van der Waals surface area contributed by atoms with Crippen molar-refractivity contribution in [2.24, 2.45) is 0 Å². The molecule has 1 saturated heterocycles. The Balaban J connectivity index is 1.83. The van der Waals surface area contributed by atoms with Gasteiger partial charge < -0.3 is 15.0 Å². The molecule has 2 aromatic rings. The molecule has 0 amide bonds. The molecule has 0 saturated carbocycles. The normalized spacial score (nSPS) is 15.0. The maximum atomic E-state index is 6.04. The largest absolute Gasteiger partial charge is 0.378 e. The number of anilines is 3. The number of nitrogens with one attached hydrogen (secondary N) is 1. The summed E-state index contributed by atoms with van der Waals surface area (Å²) in [4.78, 5) is 11.2. The minimum absolute atomic E-state index is 0.505. The molecule has 5 nitrogen and oxygen atoms in total. The summed E-state index contributed by atoms with van der Waals surface area (Å²) in [6.07, 6.45) is 0. The summed E-state index contributed by atoms with van der Waals surface area (Å²) in [5, 5.41) is 4.27. The van der Waals surface area contributed by atoms with E-state index < -0.39 is 0 Å². The van der Waals surface area contributed by atoms with Crippen molar-refractivity contribution < 1.29 is 4.74 Å². The maximum absolute atomic E-state index is 6.04. The first kappa shape index (κ1) is 15.3. The minimum Gasteiger partial charge on any atom is -0.378 e. The van der Waals surface area contributed by atoms with E-state index in [2.05, 4.69) is 20.2 Å². The van der Waals surface area contributed by atoms with Gasteiger partial charge in [-0.25, -0.2) is 4.98 Å². The fraction of sp³-hybridized carbons (Fsp3) is 0.333. The molecule has 1 aromatic heterocycles. The predicted octanol–water partition coefficient (Wildman–Crippen LogP) is 3.67. The second-order valence-electron chi connectivity index (χ2n) is 5.05. The lowest BCUT2D eigenvalue weighted by Gasteiger charge is -2.27. The van der Waals surface area contributed by atoms with Gasteiger partial charge in [-0.05, 0) is 25.1 Å². The summed E-state index contributed by atoms with van der Waals surface area (Å²) < 4.78 is 5.36. The van der Waals surface area contributed by atoms with Gasteiger partial charge >= 0.3 is 0 Å². The van der Waals surface area contributed by atoms with Crippen molar-refractivity contribution in [3.8, 4) is 0 Å². The Bertz CT molecular complexity index is 675. The molecule has 0 bridgehead atoms. The smallest absolute Gasteiger partial charge is 0.227 e. The van der Waals surface area contributed by atoms with Crippen LogP contribution in [0.4, 0.5) is 17.5 Å². The Labute approximate surface area is 139 Å². The molecule has 0 radical (unpaired) electrons. The van der Waals surface area contributed by atoms with Crippen LogP contribution in [-0.4, -0.2) is 36.3 Å². The van der Waals surface area contributed by atoms with E-state index in [0.717, 1.165) is 30.3 Å². The standard InChI is InChI=1S/C15H16Cl2N4O/c1-10-8-14(19-11-2-3-12(16)13(17)9-11)20-15(18-10)21-4-6-22-7-5-21/h2-3,8-9H,4-7H2,1H3,(H,18,19,20). The Hall–Kier alpha value is -1.56. The third kappa shape index (κ3) is 3.61. The zero-order valence-corrected chi connectivity index (χ0v) is 13.7. The second-order valence-corrected chi connectivity index (χ2v) is 5.86. The van der Waals surface area contributed by atoms with Crippen LogP contribution in [0.5, 0.6) is 0 Å². The summed E-state index contributed by atoms with van der Waals surface area (Å²) >= 11 is 12.0. The third-order valence-corrected chi connectivity index (χ3v) is 4.07. The number of hydrogen-bond acceptors (Lipinski definition) is 5. The molecule has 1 N–H and O–H groups in total. The van der Waals surface area contributed by atoms with Crippen LogP contribution in [0.2, 0.25) is 10.0 Å². The highest BCUT2D eigenvalue weighted by atomic mass is 35.5. The van der Waals surface area contributed by atoms with Crippen molar-refractivity contribution in [1.29, 1.82) is 0 Å². The van der Waals surface area contributed by atoms with Crippen LogP contribution in [-0.2, 0) is 4.74 Å². The summed E-state index contributed by atoms with van der Waals surface area (Å²) in [5.41, 5.74) is 1.74. The number of nitrogens with zero attached hydrogens (tertiary/aromatic N) is 3. The van der Waals surface area contributed by atoms with E-state index in [0.29, 0.717) is 29.2 Å². The molecule has 0 spiro atoms. The van der Waals surface area contributed by atoms with Crippen LogP contribution in [0.15, 0.2) is 24.3 Å². The van der Waals surface area contributed by atoms with E-state index in [1.165, 1.54) is 0 Å². The molecular formula is C15H16Cl2N4O. The molecule has 1 aliphatic rings. The van der Waals surface area contributed by atoms with Gasteiger partial charge in [-0.3, -0.25) is 0 Å². The summed E-state index contributed by atoms with van der Waals surface area (Å²) in [7, 11) is 0. The number of aryl methyl sites for hydroxylation is 1. The molecule has 22 heavy (non-hydrogen) atoms.